The first-order valence-corrected chi connectivity index (χ1v) is 8.50. The molecule has 1 fully saturated rings. The second-order valence-electron chi connectivity index (χ2n) is 5.65. The molecule has 5 nitrogen and oxygen atoms in total. The lowest BCUT2D eigenvalue weighted by Gasteiger charge is -2.34. The van der Waals surface area contributed by atoms with Crippen molar-refractivity contribution in [3.63, 3.8) is 0 Å². The summed E-state index contributed by atoms with van der Waals surface area (Å²) < 4.78 is 0. The van der Waals surface area contributed by atoms with E-state index in [1.807, 2.05) is 12.1 Å². The molecule has 0 atom stereocenters. The lowest BCUT2D eigenvalue weighted by Crippen LogP contribution is -2.49. The summed E-state index contributed by atoms with van der Waals surface area (Å²) in [5.41, 5.74) is 1.69. The molecule has 1 N–H and O–H groups in total. The molecule has 1 saturated heterocycles. The van der Waals surface area contributed by atoms with Gasteiger partial charge < -0.3 is 10.2 Å². The maximum absolute atomic E-state index is 12.4. The van der Waals surface area contributed by atoms with E-state index < -0.39 is 0 Å². The average molecular weight is 365 g/mol. The van der Waals surface area contributed by atoms with E-state index in [0.717, 1.165) is 19.6 Å². The van der Waals surface area contributed by atoms with Crippen molar-refractivity contribution in [2.75, 3.05) is 31.5 Å². The molecule has 0 spiro atoms. The molecule has 24 heavy (non-hydrogen) atoms. The van der Waals surface area contributed by atoms with Gasteiger partial charge in [0, 0.05) is 45.1 Å². The van der Waals surface area contributed by atoms with Gasteiger partial charge in [0.25, 0.3) is 0 Å². The summed E-state index contributed by atoms with van der Waals surface area (Å²) in [6, 6.07) is 9.01. The second kappa shape index (κ2) is 7.83. The number of carbonyl (C=O) groups excluding carboxylic acids is 1. The number of nitrogens with one attached hydrogen (secondary N) is 1. The lowest BCUT2D eigenvalue weighted by atomic mass is 10.2. The summed E-state index contributed by atoms with van der Waals surface area (Å²) in [7, 11) is 0. The highest BCUT2D eigenvalue weighted by atomic mass is 35.5. The minimum Gasteiger partial charge on any atom is -0.322 e. The van der Waals surface area contributed by atoms with Gasteiger partial charge in [-0.2, -0.15) is 0 Å². The Morgan fingerprint density at radius 1 is 1.04 bits per heavy atom. The molecule has 0 aliphatic carbocycles. The predicted molar refractivity (Wildman–Crippen MR) is 96.6 cm³/mol. The molecular weight excluding hydrogens is 347 g/mol. The molecular formula is C17H18Cl2N4O. The van der Waals surface area contributed by atoms with Crippen LogP contribution in [0.5, 0.6) is 0 Å². The number of para-hydroxylation sites is 1. The lowest BCUT2D eigenvalue weighted by molar-refractivity contribution is 0.143. The van der Waals surface area contributed by atoms with Crippen LogP contribution in [0, 0.1) is 0 Å². The number of benzene rings is 1. The van der Waals surface area contributed by atoms with Crippen LogP contribution < -0.4 is 5.32 Å². The minimum absolute atomic E-state index is 0.173. The molecule has 1 aliphatic heterocycles. The quantitative estimate of drug-likeness (QED) is 0.902. The fourth-order valence-corrected chi connectivity index (χ4v) is 3.15. The number of anilines is 1. The number of aromatic nitrogens is 1. The van der Waals surface area contributed by atoms with E-state index in [2.05, 4.69) is 15.2 Å². The Morgan fingerprint density at radius 2 is 1.67 bits per heavy atom. The van der Waals surface area contributed by atoms with E-state index in [9.17, 15) is 4.79 Å². The number of nitrogens with zero attached hydrogens (tertiary/aromatic N) is 3. The third-order valence-electron chi connectivity index (χ3n) is 4.01. The normalized spacial score (nSPS) is 15.3. The topological polar surface area (TPSA) is 48.5 Å². The van der Waals surface area contributed by atoms with Crippen molar-refractivity contribution in [3.8, 4) is 0 Å². The first kappa shape index (κ1) is 17.0. The molecule has 0 unspecified atom stereocenters. The molecule has 1 aliphatic rings. The Bertz CT molecular complexity index is 683. The van der Waals surface area contributed by atoms with Crippen molar-refractivity contribution in [2.24, 2.45) is 0 Å². The van der Waals surface area contributed by atoms with Crippen LogP contribution in [0.25, 0.3) is 0 Å². The van der Waals surface area contributed by atoms with Crippen molar-refractivity contribution < 1.29 is 4.79 Å². The standard InChI is InChI=1S/C17H18Cl2N4O/c18-14-2-1-3-15(19)16(14)21-17(24)23-10-8-22(9-11-23)12-13-4-6-20-7-5-13/h1-7H,8-12H2,(H,21,24). The zero-order valence-electron chi connectivity index (χ0n) is 13.1. The van der Waals surface area contributed by atoms with E-state index >= 15 is 0 Å². The average Bonchev–Trinajstić information content (AvgIpc) is 2.60. The van der Waals surface area contributed by atoms with Crippen LogP contribution in [0.3, 0.4) is 0 Å². The summed E-state index contributed by atoms with van der Waals surface area (Å²) in [4.78, 5) is 20.5. The Hall–Kier alpha value is -1.82. The number of rotatable bonds is 3. The summed E-state index contributed by atoms with van der Waals surface area (Å²) >= 11 is 12.2. The highest BCUT2D eigenvalue weighted by Crippen LogP contribution is 2.30. The number of pyridine rings is 1. The van der Waals surface area contributed by atoms with Crippen LogP contribution in [0.4, 0.5) is 10.5 Å². The van der Waals surface area contributed by atoms with Gasteiger partial charge in [0.1, 0.15) is 0 Å². The number of amides is 2. The smallest absolute Gasteiger partial charge is 0.322 e. The summed E-state index contributed by atoms with van der Waals surface area (Å²) in [6.07, 6.45) is 3.60. The monoisotopic (exact) mass is 364 g/mol. The minimum atomic E-state index is -0.173. The number of carbonyl (C=O) groups is 1. The maximum atomic E-state index is 12.4. The van der Waals surface area contributed by atoms with Gasteiger partial charge in [-0.15, -0.1) is 0 Å². The molecule has 0 saturated carbocycles. The molecule has 3 rings (SSSR count). The molecule has 7 heteroatoms. The van der Waals surface area contributed by atoms with Crippen LogP contribution in [0.2, 0.25) is 10.0 Å². The van der Waals surface area contributed by atoms with Crippen LogP contribution in [0.15, 0.2) is 42.7 Å². The highest BCUT2D eigenvalue weighted by molar-refractivity contribution is 6.39. The fourth-order valence-electron chi connectivity index (χ4n) is 2.66. The van der Waals surface area contributed by atoms with E-state index in [1.165, 1.54) is 5.56 Å². The molecule has 2 aromatic rings. The Labute approximate surface area is 151 Å². The van der Waals surface area contributed by atoms with Crippen molar-refractivity contribution in [1.29, 1.82) is 0 Å². The van der Waals surface area contributed by atoms with Gasteiger partial charge in [-0.1, -0.05) is 29.3 Å². The van der Waals surface area contributed by atoms with Crippen LogP contribution in [-0.4, -0.2) is 47.0 Å². The maximum Gasteiger partial charge on any atom is 0.322 e. The van der Waals surface area contributed by atoms with Gasteiger partial charge in [0.2, 0.25) is 0 Å². The van der Waals surface area contributed by atoms with Gasteiger partial charge in [0.15, 0.2) is 0 Å². The van der Waals surface area contributed by atoms with E-state index in [4.69, 9.17) is 23.2 Å². The van der Waals surface area contributed by atoms with Crippen molar-refractivity contribution in [3.05, 3.63) is 58.3 Å². The van der Waals surface area contributed by atoms with Crippen molar-refractivity contribution >= 4 is 34.9 Å². The zero-order valence-corrected chi connectivity index (χ0v) is 14.6. The third kappa shape index (κ3) is 4.17. The zero-order chi connectivity index (χ0) is 16.9. The van der Waals surface area contributed by atoms with Gasteiger partial charge in [-0.25, -0.2) is 4.79 Å². The number of halogens is 2. The number of piperazine rings is 1. The van der Waals surface area contributed by atoms with E-state index in [0.29, 0.717) is 28.8 Å². The van der Waals surface area contributed by atoms with Crippen molar-refractivity contribution in [1.82, 2.24) is 14.8 Å². The molecule has 0 radical (unpaired) electrons. The van der Waals surface area contributed by atoms with E-state index in [1.54, 1.807) is 35.5 Å². The first-order valence-electron chi connectivity index (χ1n) is 7.74. The molecule has 0 bridgehead atoms. The Balaban J connectivity index is 1.54. The largest absolute Gasteiger partial charge is 0.322 e. The van der Waals surface area contributed by atoms with Gasteiger partial charge >= 0.3 is 6.03 Å². The summed E-state index contributed by atoms with van der Waals surface area (Å²) in [5, 5.41) is 3.68. The van der Waals surface area contributed by atoms with Crippen LogP contribution in [0.1, 0.15) is 5.56 Å². The molecule has 126 valence electrons. The first-order chi connectivity index (χ1) is 11.6. The van der Waals surface area contributed by atoms with Crippen LogP contribution in [-0.2, 0) is 6.54 Å². The Kier molecular flexibility index (Phi) is 5.56. The third-order valence-corrected chi connectivity index (χ3v) is 4.64. The highest BCUT2D eigenvalue weighted by Gasteiger charge is 2.22. The summed E-state index contributed by atoms with van der Waals surface area (Å²) in [5.74, 6) is 0. The molecule has 1 aromatic carbocycles. The molecule has 2 heterocycles. The molecule has 1 aromatic heterocycles. The summed E-state index contributed by atoms with van der Waals surface area (Å²) in [6.45, 7) is 3.85. The van der Waals surface area contributed by atoms with Gasteiger partial charge in [0.05, 0.1) is 15.7 Å². The van der Waals surface area contributed by atoms with Crippen molar-refractivity contribution in [2.45, 2.75) is 6.54 Å². The molecule has 2 amide bonds. The number of hydrogen-bond donors (Lipinski definition) is 1. The fraction of sp³-hybridized carbons (Fsp3) is 0.294. The van der Waals surface area contributed by atoms with Gasteiger partial charge in [-0.05, 0) is 29.8 Å². The number of hydrogen-bond acceptors (Lipinski definition) is 3. The predicted octanol–water partition coefficient (Wildman–Crippen LogP) is 3.74. The number of urea groups is 1. The van der Waals surface area contributed by atoms with Gasteiger partial charge in [-0.3, -0.25) is 9.88 Å². The second-order valence-corrected chi connectivity index (χ2v) is 6.46. The van der Waals surface area contributed by atoms with E-state index in [-0.39, 0.29) is 6.03 Å². The SMILES string of the molecule is O=C(Nc1c(Cl)cccc1Cl)N1CCN(Cc2ccncc2)CC1. The van der Waals surface area contributed by atoms with Crippen LogP contribution >= 0.6 is 23.2 Å². The Morgan fingerprint density at radius 3 is 2.29 bits per heavy atom.